The van der Waals surface area contributed by atoms with E-state index in [1.807, 2.05) is 24.3 Å². The second kappa shape index (κ2) is 7.13. The summed E-state index contributed by atoms with van der Waals surface area (Å²) in [5.74, 6) is 0.377. The van der Waals surface area contributed by atoms with Gasteiger partial charge in [-0.3, -0.25) is 13.8 Å². The smallest absolute Gasteiger partial charge is 0.258 e. The van der Waals surface area contributed by atoms with E-state index in [4.69, 9.17) is 9.57 Å². The molecule has 0 aromatic heterocycles. The molecule has 0 radical (unpaired) electrons. The normalized spacial score (nSPS) is 13.7. The van der Waals surface area contributed by atoms with Crippen LogP contribution in [0.1, 0.15) is 12.5 Å². The van der Waals surface area contributed by atoms with Crippen LogP contribution in [0.3, 0.4) is 0 Å². The van der Waals surface area contributed by atoms with Gasteiger partial charge in [0, 0.05) is 17.1 Å². The Morgan fingerprint density at radius 2 is 2.00 bits per heavy atom. The average molecular weight is 271 g/mol. The maximum absolute atomic E-state index is 11.4. The maximum atomic E-state index is 11.4. The Balaban J connectivity index is 2.37. The number of benzene rings is 1. The van der Waals surface area contributed by atoms with Crippen LogP contribution >= 0.6 is 0 Å². The lowest BCUT2D eigenvalue weighted by Crippen LogP contribution is -2.34. The maximum Gasteiger partial charge on any atom is 0.258 e. The summed E-state index contributed by atoms with van der Waals surface area (Å²) in [5, 5.41) is -0.583. The highest BCUT2D eigenvalue weighted by molar-refractivity contribution is 7.85. The number of carbonyl (C=O) groups is 1. The third kappa shape index (κ3) is 4.46. The first kappa shape index (κ1) is 14.7. The van der Waals surface area contributed by atoms with Gasteiger partial charge in [-0.05, 0) is 24.6 Å². The Morgan fingerprint density at radius 1 is 1.39 bits per heavy atom. The molecule has 0 aliphatic heterocycles. The van der Waals surface area contributed by atoms with E-state index in [1.165, 1.54) is 6.26 Å². The molecule has 0 aliphatic carbocycles. The number of amides is 1. The molecule has 18 heavy (non-hydrogen) atoms. The third-order valence-corrected chi connectivity index (χ3v) is 3.65. The molecule has 1 rings (SSSR count). The van der Waals surface area contributed by atoms with Gasteiger partial charge in [0.2, 0.25) is 0 Å². The molecular formula is C12H17NO4S. The number of rotatable bonds is 6. The van der Waals surface area contributed by atoms with Gasteiger partial charge >= 0.3 is 0 Å². The number of hydrogen-bond acceptors (Lipinski definition) is 4. The zero-order chi connectivity index (χ0) is 13.5. The van der Waals surface area contributed by atoms with Crippen LogP contribution in [0.4, 0.5) is 0 Å². The molecule has 1 aromatic rings. The molecule has 1 amide bonds. The highest BCUT2D eigenvalue weighted by atomic mass is 32.2. The average Bonchev–Trinajstić information content (AvgIpc) is 2.38. The van der Waals surface area contributed by atoms with E-state index in [-0.39, 0.29) is 12.5 Å². The second-order valence-corrected chi connectivity index (χ2v) is 5.45. The zero-order valence-corrected chi connectivity index (χ0v) is 11.5. The predicted octanol–water partition coefficient (Wildman–Crippen LogP) is 1.01. The number of ether oxygens (including phenoxy) is 1. The predicted molar refractivity (Wildman–Crippen MR) is 69.5 cm³/mol. The lowest BCUT2D eigenvalue weighted by atomic mass is 10.2. The van der Waals surface area contributed by atoms with Gasteiger partial charge in [-0.2, -0.15) is 0 Å². The summed E-state index contributed by atoms with van der Waals surface area (Å²) < 4.78 is 16.1. The molecule has 0 spiro atoms. The molecule has 0 saturated heterocycles. The van der Waals surface area contributed by atoms with Gasteiger partial charge in [-0.1, -0.05) is 12.1 Å². The summed E-state index contributed by atoms with van der Waals surface area (Å²) in [5.41, 5.74) is 3.18. The fourth-order valence-corrected chi connectivity index (χ4v) is 1.50. The molecule has 6 heteroatoms. The standard InChI is InChI=1S/C12H17NO4S/c1-9(18(3)15)12(14)13-17-8-10-4-6-11(16-2)7-5-10/h4-7,9H,8H2,1-3H3,(H,13,14). The fourth-order valence-electron chi connectivity index (χ4n) is 1.15. The molecule has 0 aliphatic rings. The molecule has 100 valence electrons. The molecule has 1 N–H and O–H groups in total. The van der Waals surface area contributed by atoms with Crippen LogP contribution in [0, 0.1) is 0 Å². The van der Waals surface area contributed by atoms with E-state index >= 15 is 0 Å². The molecule has 0 saturated carbocycles. The summed E-state index contributed by atoms with van der Waals surface area (Å²) in [6.07, 6.45) is 1.48. The first-order valence-corrected chi connectivity index (χ1v) is 7.03. The van der Waals surface area contributed by atoms with Crippen molar-refractivity contribution < 1.29 is 18.6 Å². The largest absolute Gasteiger partial charge is 0.497 e. The Labute approximate surface area is 109 Å². The van der Waals surface area contributed by atoms with E-state index < -0.39 is 16.0 Å². The molecule has 0 bridgehead atoms. The fraction of sp³-hybridized carbons (Fsp3) is 0.417. The number of carbonyl (C=O) groups excluding carboxylic acids is 1. The van der Waals surface area contributed by atoms with Gasteiger partial charge in [0.15, 0.2) is 0 Å². The zero-order valence-electron chi connectivity index (χ0n) is 10.6. The monoisotopic (exact) mass is 271 g/mol. The number of hydrogen-bond donors (Lipinski definition) is 1. The first-order valence-electron chi connectivity index (χ1n) is 5.41. The molecule has 1 aromatic carbocycles. The van der Waals surface area contributed by atoms with Crippen molar-refractivity contribution in [2.75, 3.05) is 13.4 Å². The number of methoxy groups -OCH3 is 1. The van der Waals surface area contributed by atoms with Gasteiger partial charge in [0.25, 0.3) is 5.91 Å². The molecule has 2 atom stereocenters. The van der Waals surface area contributed by atoms with Crippen molar-refractivity contribution in [2.45, 2.75) is 18.8 Å². The SMILES string of the molecule is COc1ccc(CONC(=O)C(C)S(C)=O)cc1. The van der Waals surface area contributed by atoms with E-state index in [9.17, 15) is 9.00 Å². The van der Waals surface area contributed by atoms with Gasteiger partial charge in [0.05, 0.1) is 13.7 Å². The van der Waals surface area contributed by atoms with Crippen molar-refractivity contribution in [1.82, 2.24) is 5.48 Å². The van der Waals surface area contributed by atoms with Crippen molar-refractivity contribution in [1.29, 1.82) is 0 Å². The van der Waals surface area contributed by atoms with Crippen molar-refractivity contribution >= 4 is 16.7 Å². The Morgan fingerprint density at radius 3 is 2.50 bits per heavy atom. The quantitative estimate of drug-likeness (QED) is 0.784. The summed E-state index contributed by atoms with van der Waals surface area (Å²) in [7, 11) is 0.394. The van der Waals surface area contributed by atoms with E-state index in [2.05, 4.69) is 5.48 Å². The second-order valence-electron chi connectivity index (χ2n) is 3.74. The minimum atomic E-state index is -1.20. The van der Waals surface area contributed by atoms with E-state index in [0.717, 1.165) is 11.3 Å². The van der Waals surface area contributed by atoms with Crippen LogP contribution < -0.4 is 10.2 Å². The van der Waals surface area contributed by atoms with Crippen molar-refractivity contribution in [2.24, 2.45) is 0 Å². The lowest BCUT2D eigenvalue weighted by Gasteiger charge is -2.09. The topological polar surface area (TPSA) is 64.6 Å². The van der Waals surface area contributed by atoms with E-state index in [0.29, 0.717) is 0 Å². The number of nitrogens with one attached hydrogen (secondary N) is 1. The van der Waals surface area contributed by atoms with Crippen molar-refractivity contribution in [3.8, 4) is 5.75 Å². The first-order chi connectivity index (χ1) is 8.54. The van der Waals surface area contributed by atoms with Gasteiger partial charge in [-0.15, -0.1) is 0 Å². The summed E-state index contributed by atoms with van der Waals surface area (Å²) in [4.78, 5) is 16.5. The Hall–Kier alpha value is -1.40. The van der Waals surface area contributed by atoms with Crippen molar-refractivity contribution in [3.63, 3.8) is 0 Å². The van der Waals surface area contributed by atoms with E-state index in [1.54, 1.807) is 14.0 Å². The summed E-state index contributed by atoms with van der Waals surface area (Å²) in [6.45, 7) is 1.83. The third-order valence-electron chi connectivity index (χ3n) is 2.44. The summed E-state index contributed by atoms with van der Waals surface area (Å²) in [6, 6.07) is 7.30. The molecule has 0 heterocycles. The number of hydroxylamine groups is 1. The molecule has 2 unspecified atom stereocenters. The van der Waals surface area contributed by atoms with Crippen molar-refractivity contribution in [3.05, 3.63) is 29.8 Å². The minimum Gasteiger partial charge on any atom is -0.497 e. The Kier molecular flexibility index (Phi) is 5.80. The van der Waals surface area contributed by atoms with Crippen LogP contribution in [0.25, 0.3) is 0 Å². The van der Waals surface area contributed by atoms with Crippen LogP contribution in [0.2, 0.25) is 0 Å². The van der Waals surface area contributed by atoms with Gasteiger partial charge < -0.3 is 4.74 Å². The highest BCUT2D eigenvalue weighted by Gasteiger charge is 2.16. The van der Waals surface area contributed by atoms with Crippen LogP contribution in [-0.4, -0.2) is 28.7 Å². The lowest BCUT2D eigenvalue weighted by molar-refractivity contribution is -0.133. The van der Waals surface area contributed by atoms with Gasteiger partial charge in [-0.25, -0.2) is 5.48 Å². The Bertz CT molecular complexity index is 419. The summed E-state index contributed by atoms with van der Waals surface area (Å²) >= 11 is 0. The van der Waals surface area contributed by atoms with Crippen LogP contribution in [-0.2, 0) is 27.0 Å². The highest BCUT2D eigenvalue weighted by Crippen LogP contribution is 2.11. The van der Waals surface area contributed by atoms with Crippen LogP contribution in [0.5, 0.6) is 5.75 Å². The molecular weight excluding hydrogens is 254 g/mol. The molecule has 0 fully saturated rings. The van der Waals surface area contributed by atoms with Gasteiger partial charge in [0.1, 0.15) is 11.0 Å². The van der Waals surface area contributed by atoms with Crippen LogP contribution in [0.15, 0.2) is 24.3 Å². The minimum absolute atomic E-state index is 0.249. The molecule has 5 nitrogen and oxygen atoms in total.